The van der Waals surface area contributed by atoms with E-state index < -0.39 is 11.7 Å². The van der Waals surface area contributed by atoms with Crippen LogP contribution in [0.4, 0.5) is 4.79 Å². The Morgan fingerprint density at radius 3 is 2.55 bits per heavy atom. The van der Waals surface area contributed by atoms with E-state index in [-0.39, 0.29) is 17.9 Å². The molecule has 1 aliphatic rings. The van der Waals surface area contributed by atoms with Crippen LogP contribution in [-0.2, 0) is 33.7 Å². The van der Waals surface area contributed by atoms with Gasteiger partial charge in [-0.1, -0.05) is 51.1 Å². The summed E-state index contributed by atoms with van der Waals surface area (Å²) in [4.78, 5) is 16.1. The number of carbonyl (C=O) groups excluding carboxylic acids is 1. The molecule has 1 atom stereocenters. The molecule has 2 N–H and O–H groups in total. The minimum absolute atomic E-state index is 0.230. The van der Waals surface area contributed by atoms with Crippen LogP contribution in [0.25, 0.3) is 0 Å². The minimum atomic E-state index is -0.879. The van der Waals surface area contributed by atoms with Gasteiger partial charge in [-0.3, -0.25) is 0 Å². The Kier molecular flexibility index (Phi) is 6.24. The molecule has 0 bridgehead atoms. The SMILES string of the molecule is CC(C)(C)c1cc(C2(C)CCCO2)c(COCc2ccccc2)nc1OC(N)=O. The summed E-state index contributed by atoms with van der Waals surface area (Å²) < 4.78 is 17.3. The van der Waals surface area contributed by atoms with Crippen LogP contribution in [-0.4, -0.2) is 17.7 Å². The zero-order valence-corrected chi connectivity index (χ0v) is 17.7. The van der Waals surface area contributed by atoms with Crippen molar-refractivity contribution < 1.29 is 19.0 Å². The van der Waals surface area contributed by atoms with E-state index in [1.165, 1.54) is 0 Å². The van der Waals surface area contributed by atoms with Crippen molar-refractivity contribution in [2.24, 2.45) is 5.73 Å². The highest BCUT2D eigenvalue weighted by Crippen LogP contribution is 2.41. The number of nitrogens with two attached hydrogens (primary N) is 1. The summed E-state index contributed by atoms with van der Waals surface area (Å²) in [5, 5.41) is 0. The highest BCUT2D eigenvalue weighted by atomic mass is 16.6. The molecule has 1 saturated heterocycles. The molecule has 2 heterocycles. The van der Waals surface area contributed by atoms with Crippen molar-refractivity contribution in [1.82, 2.24) is 4.98 Å². The first-order chi connectivity index (χ1) is 13.7. The van der Waals surface area contributed by atoms with E-state index in [4.69, 9.17) is 19.9 Å². The lowest BCUT2D eigenvalue weighted by Crippen LogP contribution is -2.27. The van der Waals surface area contributed by atoms with Crippen molar-refractivity contribution in [3.63, 3.8) is 0 Å². The Balaban J connectivity index is 1.97. The summed E-state index contributed by atoms with van der Waals surface area (Å²) in [5.74, 6) is 0.230. The lowest BCUT2D eigenvalue weighted by Gasteiger charge is -2.30. The molecule has 1 unspecified atom stereocenters. The van der Waals surface area contributed by atoms with Gasteiger partial charge in [-0.15, -0.1) is 0 Å². The van der Waals surface area contributed by atoms with E-state index >= 15 is 0 Å². The number of nitrogens with zero attached hydrogens (tertiary/aromatic N) is 1. The van der Waals surface area contributed by atoms with E-state index in [1.807, 2.05) is 57.2 Å². The molecule has 29 heavy (non-hydrogen) atoms. The maximum absolute atomic E-state index is 11.5. The standard InChI is InChI=1S/C23H30N2O4/c1-22(2,3)18-13-17(23(4)11-8-12-28-23)19(25-20(18)29-21(24)26)15-27-14-16-9-6-5-7-10-16/h5-7,9-10,13H,8,11-12,14-15H2,1-4H3,(H2,24,26). The van der Waals surface area contributed by atoms with Gasteiger partial charge in [0.1, 0.15) is 0 Å². The number of benzene rings is 1. The Bertz CT molecular complexity index is 853. The molecule has 0 spiro atoms. The van der Waals surface area contributed by atoms with Gasteiger partial charge in [-0.2, -0.15) is 0 Å². The molecule has 6 nitrogen and oxygen atoms in total. The molecule has 1 aromatic carbocycles. The minimum Gasteiger partial charge on any atom is -0.391 e. The first-order valence-electron chi connectivity index (χ1n) is 9.97. The number of primary amides is 1. The van der Waals surface area contributed by atoms with Gasteiger partial charge in [0.05, 0.1) is 24.5 Å². The Hall–Kier alpha value is -2.44. The molecule has 3 rings (SSSR count). The van der Waals surface area contributed by atoms with Crippen molar-refractivity contribution >= 4 is 6.09 Å². The van der Waals surface area contributed by atoms with E-state index in [0.717, 1.165) is 29.5 Å². The van der Waals surface area contributed by atoms with Gasteiger partial charge >= 0.3 is 6.09 Å². The molecule has 0 saturated carbocycles. The smallest absolute Gasteiger partial charge is 0.391 e. The van der Waals surface area contributed by atoms with Crippen LogP contribution in [0.2, 0.25) is 0 Å². The fourth-order valence-corrected chi connectivity index (χ4v) is 3.64. The monoisotopic (exact) mass is 398 g/mol. The lowest BCUT2D eigenvalue weighted by atomic mass is 9.83. The zero-order valence-electron chi connectivity index (χ0n) is 17.7. The first-order valence-corrected chi connectivity index (χ1v) is 9.97. The maximum atomic E-state index is 11.5. The second-order valence-corrected chi connectivity index (χ2v) is 8.67. The zero-order chi connectivity index (χ0) is 21.1. The fourth-order valence-electron chi connectivity index (χ4n) is 3.64. The lowest BCUT2D eigenvalue weighted by molar-refractivity contribution is 0.0128. The molecule has 1 amide bonds. The van der Waals surface area contributed by atoms with Gasteiger partial charge < -0.3 is 19.9 Å². The summed E-state index contributed by atoms with van der Waals surface area (Å²) in [6, 6.07) is 12.0. The van der Waals surface area contributed by atoms with Gasteiger partial charge in [0.25, 0.3) is 0 Å². The predicted molar refractivity (Wildman–Crippen MR) is 111 cm³/mol. The quantitative estimate of drug-likeness (QED) is 0.770. The molecule has 1 aliphatic heterocycles. The number of ether oxygens (including phenoxy) is 3. The van der Waals surface area contributed by atoms with Crippen LogP contribution in [0.5, 0.6) is 5.88 Å². The molecule has 2 aromatic rings. The van der Waals surface area contributed by atoms with Gasteiger partial charge in [0.2, 0.25) is 5.88 Å². The summed E-state index contributed by atoms with van der Waals surface area (Å²) >= 11 is 0. The highest BCUT2D eigenvalue weighted by Gasteiger charge is 2.36. The van der Waals surface area contributed by atoms with Crippen LogP contribution >= 0.6 is 0 Å². The van der Waals surface area contributed by atoms with Crippen LogP contribution < -0.4 is 10.5 Å². The van der Waals surface area contributed by atoms with Crippen molar-refractivity contribution in [3.05, 3.63) is 58.8 Å². The van der Waals surface area contributed by atoms with Gasteiger partial charge in [0.15, 0.2) is 0 Å². The summed E-state index contributed by atoms with van der Waals surface area (Å²) in [5.41, 5.74) is 8.14. The molecule has 1 aromatic heterocycles. The van der Waals surface area contributed by atoms with Crippen LogP contribution in [0.1, 0.15) is 62.9 Å². The predicted octanol–water partition coefficient (Wildman–Crippen LogP) is 4.58. The summed E-state index contributed by atoms with van der Waals surface area (Å²) in [7, 11) is 0. The van der Waals surface area contributed by atoms with E-state index in [0.29, 0.717) is 18.9 Å². The molecule has 0 aliphatic carbocycles. The molecule has 6 heteroatoms. The Morgan fingerprint density at radius 2 is 1.97 bits per heavy atom. The van der Waals surface area contributed by atoms with E-state index in [2.05, 4.69) is 11.9 Å². The molecule has 0 radical (unpaired) electrons. The summed E-state index contributed by atoms with van der Waals surface area (Å²) in [6.07, 6.45) is 1.01. The van der Waals surface area contributed by atoms with Crippen molar-refractivity contribution in [3.8, 4) is 5.88 Å². The third-order valence-electron chi connectivity index (χ3n) is 5.21. The number of amides is 1. The topological polar surface area (TPSA) is 83.7 Å². The Labute approximate surface area is 172 Å². The average molecular weight is 399 g/mol. The largest absolute Gasteiger partial charge is 0.411 e. The molecular formula is C23H30N2O4. The van der Waals surface area contributed by atoms with Crippen molar-refractivity contribution in [1.29, 1.82) is 0 Å². The van der Waals surface area contributed by atoms with Gasteiger partial charge in [-0.05, 0) is 36.8 Å². The van der Waals surface area contributed by atoms with Gasteiger partial charge in [0, 0.05) is 17.7 Å². The number of pyridine rings is 1. The number of hydrogen-bond acceptors (Lipinski definition) is 5. The van der Waals surface area contributed by atoms with Crippen molar-refractivity contribution in [2.75, 3.05) is 6.61 Å². The summed E-state index contributed by atoms with van der Waals surface area (Å²) in [6.45, 7) is 9.68. The van der Waals surface area contributed by atoms with E-state index in [1.54, 1.807) is 0 Å². The highest BCUT2D eigenvalue weighted by molar-refractivity contribution is 5.68. The fraction of sp³-hybridized carbons (Fsp3) is 0.478. The molecule has 156 valence electrons. The van der Waals surface area contributed by atoms with Crippen LogP contribution in [0.3, 0.4) is 0 Å². The first kappa shape index (κ1) is 21.3. The second kappa shape index (κ2) is 8.51. The van der Waals surface area contributed by atoms with Crippen molar-refractivity contribution in [2.45, 2.75) is 64.8 Å². The number of rotatable bonds is 6. The molecular weight excluding hydrogens is 368 g/mol. The van der Waals surface area contributed by atoms with Crippen LogP contribution in [0.15, 0.2) is 36.4 Å². The normalized spacial score (nSPS) is 19.3. The van der Waals surface area contributed by atoms with Gasteiger partial charge in [-0.25, -0.2) is 9.78 Å². The third kappa shape index (κ3) is 5.14. The number of hydrogen-bond donors (Lipinski definition) is 1. The third-order valence-corrected chi connectivity index (χ3v) is 5.21. The number of aromatic nitrogens is 1. The second-order valence-electron chi connectivity index (χ2n) is 8.67. The Morgan fingerprint density at radius 1 is 1.24 bits per heavy atom. The number of carbonyl (C=O) groups is 1. The average Bonchev–Trinajstić information content (AvgIpc) is 3.09. The van der Waals surface area contributed by atoms with E-state index in [9.17, 15) is 4.79 Å². The molecule has 1 fully saturated rings. The van der Waals surface area contributed by atoms with Crippen LogP contribution in [0, 0.1) is 0 Å². The maximum Gasteiger partial charge on any atom is 0.411 e.